The van der Waals surface area contributed by atoms with Crippen molar-refractivity contribution < 1.29 is 32.7 Å². The molecule has 2 aromatic carbocycles. The number of rotatable bonds is 1. The number of nitrogens with zero attached hydrogens (tertiary/aromatic N) is 1. The van der Waals surface area contributed by atoms with Crippen molar-refractivity contribution in [3.63, 3.8) is 0 Å². The van der Waals surface area contributed by atoms with Crippen molar-refractivity contribution in [3.05, 3.63) is 83.0 Å². The van der Waals surface area contributed by atoms with E-state index >= 15 is 0 Å². The fourth-order valence-electron chi connectivity index (χ4n) is 2.47. The van der Waals surface area contributed by atoms with Crippen LogP contribution in [-0.4, -0.2) is 6.54 Å². The van der Waals surface area contributed by atoms with Gasteiger partial charge in [0.2, 0.25) is 0 Å². The molecule has 0 bridgehead atoms. The Kier molecular flexibility index (Phi) is 7.65. The van der Waals surface area contributed by atoms with E-state index in [0.717, 1.165) is 13.0 Å². The van der Waals surface area contributed by atoms with Crippen molar-refractivity contribution in [3.8, 4) is 0 Å². The van der Waals surface area contributed by atoms with E-state index in [0.29, 0.717) is 0 Å². The fourth-order valence-corrected chi connectivity index (χ4v) is 2.47. The maximum absolute atomic E-state index is 4.77. The van der Waals surface area contributed by atoms with E-state index in [2.05, 4.69) is 62.4 Å². The Hall–Kier alpha value is -0.496. The summed E-state index contributed by atoms with van der Waals surface area (Å²) < 4.78 is 0. The molecule has 0 aliphatic carbocycles. The van der Waals surface area contributed by atoms with Gasteiger partial charge >= 0.3 is 0 Å². The van der Waals surface area contributed by atoms with Gasteiger partial charge in [-0.1, -0.05) is 71.3 Å². The van der Waals surface area contributed by atoms with Gasteiger partial charge in [-0.05, 0) is 18.9 Å². The summed E-state index contributed by atoms with van der Waals surface area (Å²) in [5.41, 5.74) is 5.44. The predicted octanol–water partition coefficient (Wildman–Crippen LogP) is 4.85. The maximum atomic E-state index is 4.77. The zero-order valence-corrected chi connectivity index (χ0v) is 15.2. The molecule has 20 heavy (non-hydrogen) atoms. The van der Waals surface area contributed by atoms with Crippen LogP contribution in [-0.2, 0) is 39.1 Å². The van der Waals surface area contributed by atoms with Crippen LogP contribution in [0.4, 0.5) is 0 Å². The summed E-state index contributed by atoms with van der Waals surface area (Å²) in [6.07, 6.45) is 1.08. The minimum Gasteiger partial charge on any atom is -0.652 e. The van der Waals surface area contributed by atoms with Crippen molar-refractivity contribution in [2.75, 3.05) is 6.54 Å². The number of benzene rings is 2. The molecule has 0 fully saturated rings. The molecule has 0 spiro atoms. The number of hydrogen-bond acceptors (Lipinski definition) is 0. The van der Waals surface area contributed by atoms with Crippen LogP contribution in [0.5, 0.6) is 0 Å². The summed E-state index contributed by atoms with van der Waals surface area (Å²) in [6, 6.07) is 17.6. The topological polar surface area (TPSA) is 14.1 Å². The number of hydrogen-bond donors (Lipinski definition) is 0. The maximum Gasteiger partial charge on any atom is 0 e. The molecule has 0 saturated heterocycles. The second kappa shape index (κ2) is 8.72. The van der Waals surface area contributed by atoms with Crippen LogP contribution in [0.15, 0.2) is 48.5 Å². The van der Waals surface area contributed by atoms with Gasteiger partial charge in [-0.15, -0.1) is 6.54 Å². The molecular formula is C18H21NY-2. The van der Waals surface area contributed by atoms with Crippen LogP contribution in [0.2, 0.25) is 0 Å². The Morgan fingerprint density at radius 3 is 2.35 bits per heavy atom. The summed E-state index contributed by atoms with van der Waals surface area (Å²) >= 11 is 0. The first-order valence-electron chi connectivity index (χ1n) is 6.86. The molecule has 103 valence electrons. The van der Waals surface area contributed by atoms with Crippen molar-refractivity contribution in [2.45, 2.75) is 26.3 Å². The average Bonchev–Trinajstić information content (AvgIpc) is 2.50. The van der Waals surface area contributed by atoms with Crippen LogP contribution in [0.1, 0.15) is 35.2 Å². The minimum absolute atomic E-state index is 0. The molecule has 1 aliphatic heterocycles. The SMILES string of the molecule is Cc1ccc(C2[N-]CCc3ccccc32)cc1.[CH2-]C.[Y]. The normalized spacial score (nSPS) is 16.2. The molecule has 1 aliphatic rings. The second-order valence-electron chi connectivity index (χ2n) is 4.67. The van der Waals surface area contributed by atoms with Gasteiger partial charge in [0.1, 0.15) is 0 Å². The number of aryl methyl sites for hydroxylation is 1. The van der Waals surface area contributed by atoms with E-state index in [1.54, 1.807) is 6.92 Å². The van der Waals surface area contributed by atoms with Crippen LogP contribution in [0.25, 0.3) is 5.32 Å². The standard InChI is InChI=1S/C16H16N.C2H5.Y/c1-12-6-8-14(9-7-12)16-15-5-3-2-4-13(15)10-11-17-16;1-2;/h2-9,16H,10-11H2,1H3;1H2,2H3;/q2*-1;. The van der Waals surface area contributed by atoms with Crippen molar-refractivity contribution in [1.82, 2.24) is 0 Å². The monoisotopic (exact) mass is 340 g/mol. The molecule has 3 rings (SSSR count). The van der Waals surface area contributed by atoms with Gasteiger partial charge in [0.15, 0.2) is 0 Å². The molecule has 1 radical (unpaired) electrons. The molecule has 0 amide bonds. The van der Waals surface area contributed by atoms with Crippen LogP contribution in [0, 0.1) is 13.8 Å². The molecule has 1 heterocycles. The Bertz CT molecular complexity index is 519. The Balaban J connectivity index is 0.000000639. The van der Waals surface area contributed by atoms with E-state index < -0.39 is 0 Å². The van der Waals surface area contributed by atoms with E-state index in [1.807, 2.05) is 0 Å². The van der Waals surface area contributed by atoms with Gasteiger partial charge in [-0.25, -0.2) is 0 Å². The van der Waals surface area contributed by atoms with Crippen molar-refractivity contribution >= 4 is 0 Å². The van der Waals surface area contributed by atoms with E-state index in [1.165, 1.54) is 22.3 Å². The first-order chi connectivity index (χ1) is 9.34. The van der Waals surface area contributed by atoms with Crippen LogP contribution in [0.3, 0.4) is 0 Å². The van der Waals surface area contributed by atoms with Crippen molar-refractivity contribution in [1.29, 1.82) is 0 Å². The third kappa shape index (κ3) is 4.00. The van der Waals surface area contributed by atoms with E-state index in [9.17, 15) is 0 Å². The molecule has 1 atom stereocenters. The van der Waals surface area contributed by atoms with E-state index in [-0.39, 0.29) is 38.8 Å². The van der Waals surface area contributed by atoms with Gasteiger partial charge in [-0.3, -0.25) is 0 Å². The largest absolute Gasteiger partial charge is 0.652 e. The fraction of sp³-hybridized carbons (Fsp3) is 0.278. The van der Waals surface area contributed by atoms with Gasteiger partial charge in [0.05, 0.1) is 0 Å². The summed E-state index contributed by atoms with van der Waals surface area (Å²) in [7, 11) is 0. The van der Waals surface area contributed by atoms with Gasteiger partial charge in [0.25, 0.3) is 0 Å². The van der Waals surface area contributed by atoms with Gasteiger partial charge < -0.3 is 12.2 Å². The Morgan fingerprint density at radius 1 is 1.00 bits per heavy atom. The van der Waals surface area contributed by atoms with Crippen LogP contribution >= 0.6 is 0 Å². The molecule has 1 unspecified atom stereocenters. The Morgan fingerprint density at radius 2 is 1.65 bits per heavy atom. The summed E-state index contributed by atoms with van der Waals surface area (Å²) in [4.78, 5) is 0. The zero-order valence-electron chi connectivity index (χ0n) is 12.3. The summed E-state index contributed by atoms with van der Waals surface area (Å²) in [6.45, 7) is 8.06. The minimum atomic E-state index is 0. The zero-order chi connectivity index (χ0) is 13.7. The van der Waals surface area contributed by atoms with Gasteiger partial charge in [-0.2, -0.15) is 6.92 Å². The van der Waals surface area contributed by atoms with Crippen molar-refractivity contribution in [2.24, 2.45) is 0 Å². The molecule has 0 N–H and O–H groups in total. The third-order valence-corrected chi connectivity index (χ3v) is 3.44. The summed E-state index contributed by atoms with van der Waals surface area (Å²) in [5.74, 6) is 0. The first kappa shape index (κ1) is 17.6. The molecular weight excluding hydrogens is 319 g/mol. The van der Waals surface area contributed by atoms with E-state index in [4.69, 9.17) is 5.32 Å². The van der Waals surface area contributed by atoms with Crippen LogP contribution < -0.4 is 0 Å². The molecule has 2 aromatic rings. The van der Waals surface area contributed by atoms with Gasteiger partial charge in [0, 0.05) is 32.7 Å². The molecule has 0 saturated carbocycles. The first-order valence-corrected chi connectivity index (χ1v) is 6.86. The predicted molar refractivity (Wildman–Crippen MR) is 82.4 cm³/mol. The summed E-state index contributed by atoms with van der Waals surface area (Å²) in [5, 5.41) is 4.77. The quantitative estimate of drug-likeness (QED) is 0.659. The second-order valence-corrected chi connectivity index (χ2v) is 4.67. The molecule has 1 nitrogen and oxygen atoms in total. The smallest absolute Gasteiger partial charge is 0 e. The number of fused-ring (bicyclic) bond motifs is 1. The molecule has 0 aromatic heterocycles. The third-order valence-electron chi connectivity index (χ3n) is 3.44. The molecule has 2 heteroatoms. The Labute approximate surface area is 148 Å². The average molecular weight is 340 g/mol.